The second kappa shape index (κ2) is 6.97. The molecule has 0 bridgehead atoms. The molecule has 0 aromatic heterocycles. The molecule has 0 radical (unpaired) electrons. The molecule has 0 amide bonds. The molecule has 0 spiro atoms. The zero-order valence-corrected chi connectivity index (χ0v) is 12.8. The first-order chi connectivity index (χ1) is 11.6. The normalized spacial score (nSPS) is 14.9. The number of benzene rings is 1. The summed E-state index contributed by atoms with van der Waals surface area (Å²) in [5, 5.41) is 9.52. The number of carbonyl (C=O) groups excluding carboxylic acids is 1. The van der Waals surface area contributed by atoms with Crippen LogP contribution in [-0.2, 0) is 4.74 Å². The van der Waals surface area contributed by atoms with Gasteiger partial charge >= 0.3 is 29.9 Å². The molecule has 148 valence electrons. The highest BCUT2D eigenvalue weighted by Gasteiger charge is 2.81. The molecule has 1 aromatic rings. The molecule has 0 aliphatic rings. The molecular formula is C14H11F9O3. The van der Waals surface area contributed by atoms with E-state index in [1.165, 1.54) is 0 Å². The summed E-state index contributed by atoms with van der Waals surface area (Å²) in [7, 11) is 1.02. The molecule has 0 heterocycles. The van der Waals surface area contributed by atoms with Gasteiger partial charge in [0, 0.05) is 6.42 Å². The van der Waals surface area contributed by atoms with E-state index in [0.717, 1.165) is 31.4 Å². The smallest absolute Gasteiger partial charge is 0.460 e. The number of esters is 1. The summed E-state index contributed by atoms with van der Waals surface area (Å²) in [6.45, 7) is 0. The Bertz CT molecular complexity index is 638. The quantitative estimate of drug-likeness (QED) is 0.572. The number of methoxy groups -OCH3 is 1. The molecule has 0 fully saturated rings. The fraction of sp³-hybridized carbons (Fsp3) is 0.500. The first-order valence-electron chi connectivity index (χ1n) is 6.65. The third-order valence-corrected chi connectivity index (χ3v) is 3.38. The lowest BCUT2D eigenvalue weighted by Gasteiger charge is -2.34. The van der Waals surface area contributed by atoms with Crippen LogP contribution < -0.4 is 0 Å². The Hall–Kier alpha value is -1.98. The second-order valence-corrected chi connectivity index (χ2v) is 5.18. The van der Waals surface area contributed by atoms with Gasteiger partial charge in [0.25, 0.3) is 0 Å². The van der Waals surface area contributed by atoms with Gasteiger partial charge < -0.3 is 9.84 Å². The van der Waals surface area contributed by atoms with E-state index in [1.54, 1.807) is 0 Å². The van der Waals surface area contributed by atoms with Crippen molar-refractivity contribution in [1.82, 2.24) is 0 Å². The standard InChI is InChI=1S/C14H11F9O3/c1-26-10(25)8-4-2-7(3-5-8)9(24)6-11(15,16)12(17,18)13(19,20)14(21,22)23/h2-5,9,24H,6H2,1H3. The van der Waals surface area contributed by atoms with Gasteiger partial charge in [0.15, 0.2) is 0 Å². The first-order valence-corrected chi connectivity index (χ1v) is 6.65. The van der Waals surface area contributed by atoms with Gasteiger partial charge in [-0.2, -0.15) is 39.5 Å². The van der Waals surface area contributed by atoms with Crippen LogP contribution in [0, 0.1) is 0 Å². The summed E-state index contributed by atoms with van der Waals surface area (Å²) in [6.07, 6.45) is -11.8. The van der Waals surface area contributed by atoms with Gasteiger partial charge in [-0.3, -0.25) is 0 Å². The minimum atomic E-state index is -7.02. The van der Waals surface area contributed by atoms with Crippen molar-refractivity contribution in [2.45, 2.75) is 36.5 Å². The highest BCUT2D eigenvalue weighted by atomic mass is 19.4. The number of carbonyl (C=O) groups is 1. The Labute approximate surface area is 140 Å². The number of aliphatic hydroxyl groups is 1. The van der Waals surface area contributed by atoms with E-state index in [2.05, 4.69) is 4.74 Å². The van der Waals surface area contributed by atoms with Crippen LogP contribution in [0.4, 0.5) is 39.5 Å². The minimum absolute atomic E-state index is 0.107. The molecule has 1 rings (SSSR count). The second-order valence-electron chi connectivity index (χ2n) is 5.18. The SMILES string of the molecule is COC(=O)c1ccc(C(O)CC(F)(F)C(F)(F)C(F)(F)C(F)(F)F)cc1. The Balaban J connectivity index is 3.06. The molecule has 3 nitrogen and oxygen atoms in total. The van der Waals surface area contributed by atoms with Crippen LogP contribution in [0.15, 0.2) is 24.3 Å². The summed E-state index contributed by atoms with van der Waals surface area (Å²) in [5.41, 5.74) is -0.618. The summed E-state index contributed by atoms with van der Waals surface area (Å²) in [4.78, 5) is 11.2. The highest BCUT2D eigenvalue weighted by Crippen LogP contribution is 2.55. The molecule has 0 aliphatic carbocycles. The van der Waals surface area contributed by atoms with Crippen molar-refractivity contribution < 1.29 is 54.2 Å². The first kappa shape index (κ1) is 22.1. The van der Waals surface area contributed by atoms with Crippen molar-refractivity contribution in [3.05, 3.63) is 35.4 Å². The summed E-state index contributed by atoms with van der Waals surface area (Å²) < 4.78 is 119. The maximum Gasteiger partial charge on any atom is 0.460 e. The number of hydrogen-bond acceptors (Lipinski definition) is 3. The maximum atomic E-state index is 13.5. The van der Waals surface area contributed by atoms with Crippen molar-refractivity contribution in [2.75, 3.05) is 7.11 Å². The molecule has 0 aliphatic heterocycles. The van der Waals surface area contributed by atoms with Crippen LogP contribution in [-0.4, -0.2) is 42.1 Å². The third-order valence-electron chi connectivity index (χ3n) is 3.38. The number of ether oxygens (including phenoxy) is 1. The van der Waals surface area contributed by atoms with Crippen LogP contribution in [0.2, 0.25) is 0 Å². The van der Waals surface area contributed by atoms with Gasteiger partial charge in [-0.25, -0.2) is 4.79 Å². The lowest BCUT2D eigenvalue weighted by molar-refractivity contribution is -0.398. The van der Waals surface area contributed by atoms with Gasteiger partial charge in [0.1, 0.15) is 0 Å². The average molecular weight is 398 g/mol. The average Bonchev–Trinajstić information content (AvgIpc) is 2.52. The lowest BCUT2D eigenvalue weighted by Crippen LogP contribution is -2.61. The number of rotatable bonds is 6. The van der Waals surface area contributed by atoms with E-state index in [-0.39, 0.29) is 5.56 Å². The van der Waals surface area contributed by atoms with Gasteiger partial charge in [0.05, 0.1) is 18.8 Å². The van der Waals surface area contributed by atoms with E-state index in [4.69, 9.17) is 0 Å². The molecule has 1 atom stereocenters. The van der Waals surface area contributed by atoms with Crippen LogP contribution in [0.3, 0.4) is 0 Å². The van der Waals surface area contributed by atoms with Gasteiger partial charge in [-0.05, 0) is 17.7 Å². The monoisotopic (exact) mass is 398 g/mol. The maximum absolute atomic E-state index is 13.5. The number of hydrogen-bond donors (Lipinski definition) is 1. The predicted octanol–water partition coefficient (Wildman–Crippen LogP) is 4.36. The molecule has 1 aromatic carbocycles. The third kappa shape index (κ3) is 3.89. The van der Waals surface area contributed by atoms with E-state index in [9.17, 15) is 49.4 Å². The largest absolute Gasteiger partial charge is 0.465 e. The predicted molar refractivity (Wildman–Crippen MR) is 68.3 cm³/mol. The van der Waals surface area contributed by atoms with Gasteiger partial charge in [0.2, 0.25) is 0 Å². The van der Waals surface area contributed by atoms with E-state index < -0.39 is 48.0 Å². The molecule has 1 unspecified atom stereocenters. The molecule has 0 saturated carbocycles. The minimum Gasteiger partial charge on any atom is -0.465 e. The Morgan fingerprint density at radius 3 is 1.81 bits per heavy atom. The summed E-state index contributed by atoms with van der Waals surface area (Å²) >= 11 is 0. The number of alkyl halides is 9. The lowest BCUT2D eigenvalue weighted by atomic mass is 9.95. The van der Waals surface area contributed by atoms with Crippen molar-refractivity contribution in [1.29, 1.82) is 0 Å². The molecule has 1 N–H and O–H groups in total. The molecular weight excluding hydrogens is 387 g/mol. The topological polar surface area (TPSA) is 46.5 Å². The van der Waals surface area contributed by atoms with Crippen LogP contribution in [0.1, 0.15) is 28.4 Å². The van der Waals surface area contributed by atoms with Crippen LogP contribution >= 0.6 is 0 Å². The summed E-state index contributed by atoms with van der Waals surface area (Å²) in [6, 6.07) is 3.55. The zero-order valence-electron chi connectivity index (χ0n) is 12.8. The Morgan fingerprint density at radius 1 is 0.962 bits per heavy atom. The molecule has 12 heteroatoms. The number of halogens is 9. The van der Waals surface area contributed by atoms with Gasteiger partial charge in [-0.1, -0.05) is 12.1 Å². The van der Waals surface area contributed by atoms with E-state index in [0.29, 0.717) is 0 Å². The van der Waals surface area contributed by atoms with Gasteiger partial charge in [-0.15, -0.1) is 0 Å². The zero-order chi connectivity index (χ0) is 20.6. The van der Waals surface area contributed by atoms with Crippen molar-refractivity contribution in [3.8, 4) is 0 Å². The van der Waals surface area contributed by atoms with Crippen molar-refractivity contribution in [3.63, 3.8) is 0 Å². The Morgan fingerprint density at radius 2 is 1.42 bits per heavy atom. The fourth-order valence-electron chi connectivity index (χ4n) is 1.86. The van der Waals surface area contributed by atoms with Crippen LogP contribution in [0.5, 0.6) is 0 Å². The Kier molecular flexibility index (Phi) is 5.91. The van der Waals surface area contributed by atoms with E-state index in [1.807, 2.05) is 0 Å². The fourth-order valence-corrected chi connectivity index (χ4v) is 1.86. The molecule has 26 heavy (non-hydrogen) atoms. The number of aliphatic hydroxyl groups excluding tert-OH is 1. The summed E-state index contributed by atoms with van der Waals surface area (Å²) in [5.74, 6) is -20.6. The van der Waals surface area contributed by atoms with E-state index >= 15 is 0 Å². The van der Waals surface area contributed by atoms with Crippen molar-refractivity contribution >= 4 is 5.97 Å². The van der Waals surface area contributed by atoms with Crippen molar-refractivity contribution in [2.24, 2.45) is 0 Å². The van der Waals surface area contributed by atoms with Crippen LogP contribution in [0.25, 0.3) is 0 Å². The molecule has 0 saturated heterocycles. The highest BCUT2D eigenvalue weighted by molar-refractivity contribution is 5.89.